The quantitative estimate of drug-likeness (QED) is 0.711. The molecule has 1 heteroatoms. The van der Waals surface area contributed by atoms with E-state index in [4.69, 9.17) is 0 Å². The van der Waals surface area contributed by atoms with Crippen molar-refractivity contribution in [1.82, 2.24) is 0 Å². The smallest absolute Gasteiger partial charge is 0.170 e. The highest BCUT2D eigenvalue weighted by atomic mass is 16.1. The molecule has 1 unspecified atom stereocenters. The zero-order valence-electron chi connectivity index (χ0n) is 12.5. The van der Waals surface area contributed by atoms with Gasteiger partial charge in [0.1, 0.15) is 0 Å². The number of Topliss-reactive ketones (excluding diaryl/α,β-unsaturated/α-hetero) is 1. The van der Waals surface area contributed by atoms with Crippen molar-refractivity contribution < 1.29 is 4.79 Å². The second kappa shape index (κ2) is 6.51. The number of carbonyl (C=O) groups excluding carboxylic acids is 1. The van der Waals surface area contributed by atoms with Gasteiger partial charge in [-0.25, -0.2) is 0 Å². The number of carbonyl (C=O) groups is 1. The topological polar surface area (TPSA) is 17.1 Å². The van der Waals surface area contributed by atoms with Gasteiger partial charge in [0.05, 0.1) is 0 Å². The lowest BCUT2D eigenvalue weighted by Gasteiger charge is -2.13. The number of hydrogen-bond acceptors (Lipinski definition) is 1. The summed E-state index contributed by atoms with van der Waals surface area (Å²) in [6.07, 6.45) is 2.00. The summed E-state index contributed by atoms with van der Waals surface area (Å²) in [5, 5.41) is 0. The molecule has 2 rings (SSSR count). The second-order valence-electron chi connectivity index (χ2n) is 5.19. The van der Waals surface area contributed by atoms with E-state index < -0.39 is 0 Å². The molecule has 0 aliphatic rings. The first kappa shape index (κ1) is 14.5. The van der Waals surface area contributed by atoms with Gasteiger partial charge in [-0.05, 0) is 35.6 Å². The number of ketones is 1. The molecule has 0 aliphatic carbocycles. The van der Waals surface area contributed by atoms with Crippen LogP contribution in [-0.2, 0) is 12.8 Å². The molecule has 0 amide bonds. The molecular formula is C19H22O. The van der Waals surface area contributed by atoms with Crippen molar-refractivity contribution >= 4 is 5.78 Å². The minimum absolute atomic E-state index is 0.0895. The van der Waals surface area contributed by atoms with Crippen molar-refractivity contribution in [3.63, 3.8) is 0 Å². The largest absolute Gasteiger partial charge is 0.294 e. The molecule has 0 fully saturated rings. The lowest BCUT2D eigenvalue weighted by Crippen LogP contribution is -2.10. The summed E-state index contributed by atoms with van der Waals surface area (Å²) in [7, 11) is 0. The van der Waals surface area contributed by atoms with E-state index in [-0.39, 0.29) is 11.7 Å². The van der Waals surface area contributed by atoms with Crippen molar-refractivity contribution in [2.24, 2.45) is 0 Å². The highest BCUT2D eigenvalue weighted by Crippen LogP contribution is 2.22. The van der Waals surface area contributed by atoms with Gasteiger partial charge >= 0.3 is 0 Å². The summed E-state index contributed by atoms with van der Waals surface area (Å²) in [6, 6.07) is 16.1. The molecule has 2 aromatic carbocycles. The molecule has 0 N–H and O–H groups in total. The van der Waals surface area contributed by atoms with Gasteiger partial charge in [0.2, 0.25) is 0 Å². The Morgan fingerprint density at radius 1 is 0.950 bits per heavy atom. The van der Waals surface area contributed by atoms with Crippen LogP contribution in [0.3, 0.4) is 0 Å². The Kier molecular flexibility index (Phi) is 4.73. The van der Waals surface area contributed by atoms with E-state index >= 15 is 0 Å². The minimum Gasteiger partial charge on any atom is -0.294 e. The monoisotopic (exact) mass is 266 g/mol. The van der Waals surface area contributed by atoms with Gasteiger partial charge in [-0.3, -0.25) is 4.79 Å². The number of aryl methyl sites for hydroxylation is 2. The highest BCUT2D eigenvalue weighted by molar-refractivity contribution is 6.00. The zero-order chi connectivity index (χ0) is 14.5. The second-order valence-corrected chi connectivity index (χ2v) is 5.19. The molecule has 0 bridgehead atoms. The molecule has 0 saturated carbocycles. The first-order chi connectivity index (χ1) is 9.67. The fraction of sp³-hybridized carbons (Fsp3) is 0.316. The lowest BCUT2D eigenvalue weighted by atomic mass is 9.90. The van der Waals surface area contributed by atoms with Crippen LogP contribution in [0.25, 0.3) is 0 Å². The maximum absolute atomic E-state index is 12.6. The Labute approximate surface area is 121 Å². The lowest BCUT2D eigenvalue weighted by molar-refractivity contribution is 0.0966. The fourth-order valence-corrected chi connectivity index (χ4v) is 2.60. The Balaban J connectivity index is 2.29. The summed E-state index contributed by atoms with van der Waals surface area (Å²) in [4.78, 5) is 12.6. The van der Waals surface area contributed by atoms with Crippen LogP contribution in [0, 0.1) is 0 Å². The Morgan fingerprint density at radius 3 is 2.20 bits per heavy atom. The zero-order valence-corrected chi connectivity index (χ0v) is 12.5. The SMILES string of the molecule is CCc1ccc(C(=O)C(C)c2ccccc2)cc1CC. The summed E-state index contributed by atoms with van der Waals surface area (Å²) in [6.45, 7) is 6.28. The van der Waals surface area contributed by atoms with Crippen LogP contribution >= 0.6 is 0 Å². The molecule has 20 heavy (non-hydrogen) atoms. The third-order valence-electron chi connectivity index (χ3n) is 3.95. The predicted octanol–water partition coefficient (Wildman–Crippen LogP) is 4.80. The van der Waals surface area contributed by atoms with Gasteiger partial charge in [0.25, 0.3) is 0 Å². The van der Waals surface area contributed by atoms with E-state index in [2.05, 4.69) is 26.0 Å². The van der Waals surface area contributed by atoms with Crippen molar-refractivity contribution in [3.8, 4) is 0 Å². The van der Waals surface area contributed by atoms with Gasteiger partial charge in [-0.1, -0.05) is 63.2 Å². The van der Waals surface area contributed by atoms with Crippen molar-refractivity contribution in [3.05, 3.63) is 70.8 Å². The normalized spacial score (nSPS) is 12.2. The number of benzene rings is 2. The predicted molar refractivity (Wildman–Crippen MR) is 84.4 cm³/mol. The third-order valence-corrected chi connectivity index (χ3v) is 3.95. The first-order valence-electron chi connectivity index (χ1n) is 7.38. The van der Waals surface area contributed by atoms with Gasteiger partial charge in [-0.15, -0.1) is 0 Å². The van der Waals surface area contributed by atoms with Crippen LogP contribution < -0.4 is 0 Å². The van der Waals surface area contributed by atoms with Crippen LogP contribution in [0.5, 0.6) is 0 Å². The van der Waals surface area contributed by atoms with Crippen molar-refractivity contribution in [1.29, 1.82) is 0 Å². The molecule has 2 aromatic rings. The van der Waals surface area contributed by atoms with Crippen LogP contribution in [0.4, 0.5) is 0 Å². The molecule has 104 valence electrons. The summed E-state index contributed by atoms with van der Waals surface area (Å²) in [5.41, 5.74) is 4.54. The van der Waals surface area contributed by atoms with E-state index in [1.807, 2.05) is 43.3 Å². The van der Waals surface area contributed by atoms with Crippen LogP contribution in [0.2, 0.25) is 0 Å². The number of hydrogen-bond donors (Lipinski definition) is 0. The molecule has 0 heterocycles. The minimum atomic E-state index is -0.0895. The van der Waals surface area contributed by atoms with Crippen LogP contribution in [-0.4, -0.2) is 5.78 Å². The van der Waals surface area contributed by atoms with Gasteiger partial charge in [0.15, 0.2) is 5.78 Å². The number of rotatable bonds is 5. The third kappa shape index (κ3) is 2.98. The summed E-state index contributed by atoms with van der Waals surface area (Å²) >= 11 is 0. The average Bonchev–Trinajstić information content (AvgIpc) is 2.53. The maximum atomic E-state index is 12.6. The standard InChI is InChI=1S/C19H22O/c1-4-15-11-12-18(13-16(15)5-2)19(20)14(3)17-9-7-6-8-10-17/h6-14H,4-5H2,1-3H3. The molecule has 1 nitrogen and oxygen atoms in total. The first-order valence-corrected chi connectivity index (χ1v) is 7.38. The van der Waals surface area contributed by atoms with Gasteiger partial charge in [0, 0.05) is 11.5 Å². The van der Waals surface area contributed by atoms with E-state index in [9.17, 15) is 4.79 Å². The highest BCUT2D eigenvalue weighted by Gasteiger charge is 2.17. The Morgan fingerprint density at radius 2 is 1.60 bits per heavy atom. The fourth-order valence-electron chi connectivity index (χ4n) is 2.60. The molecule has 1 atom stereocenters. The molecule has 0 spiro atoms. The molecule has 0 aliphatic heterocycles. The molecule has 0 radical (unpaired) electrons. The molecule has 0 saturated heterocycles. The van der Waals surface area contributed by atoms with E-state index in [0.717, 1.165) is 24.0 Å². The summed E-state index contributed by atoms with van der Waals surface area (Å²) in [5.74, 6) is 0.113. The van der Waals surface area contributed by atoms with E-state index in [1.165, 1.54) is 11.1 Å². The van der Waals surface area contributed by atoms with Gasteiger partial charge in [-0.2, -0.15) is 0 Å². The maximum Gasteiger partial charge on any atom is 0.170 e. The van der Waals surface area contributed by atoms with Gasteiger partial charge < -0.3 is 0 Å². The molecular weight excluding hydrogens is 244 g/mol. The van der Waals surface area contributed by atoms with E-state index in [1.54, 1.807) is 0 Å². The van der Waals surface area contributed by atoms with Crippen molar-refractivity contribution in [2.75, 3.05) is 0 Å². The average molecular weight is 266 g/mol. The Bertz CT molecular complexity index is 584. The van der Waals surface area contributed by atoms with Crippen LogP contribution in [0.15, 0.2) is 48.5 Å². The molecule has 0 aromatic heterocycles. The van der Waals surface area contributed by atoms with E-state index in [0.29, 0.717) is 0 Å². The van der Waals surface area contributed by atoms with Crippen molar-refractivity contribution in [2.45, 2.75) is 39.5 Å². The Hall–Kier alpha value is -1.89. The van der Waals surface area contributed by atoms with Crippen LogP contribution in [0.1, 0.15) is 53.7 Å². The summed E-state index contributed by atoms with van der Waals surface area (Å²) < 4.78 is 0.